The van der Waals surface area contributed by atoms with Gasteiger partial charge in [-0.15, -0.1) is 0 Å². The van der Waals surface area contributed by atoms with Crippen LogP contribution >= 0.6 is 0 Å². The minimum atomic E-state index is -4.44. The Balaban J connectivity index is 1.55. The third kappa shape index (κ3) is 3.27. The molecule has 0 saturated heterocycles. The Morgan fingerprint density at radius 3 is 2.68 bits per heavy atom. The molecule has 0 saturated carbocycles. The maximum Gasteiger partial charge on any atom is 0.416 e. The molecule has 0 amide bonds. The number of carboxylic acids is 1. The maximum absolute atomic E-state index is 13.0. The van der Waals surface area contributed by atoms with Crippen LogP contribution in [0.3, 0.4) is 0 Å². The molecule has 0 unspecified atom stereocenters. The molecule has 154 valence electrons. The molecule has 7 nitrogen and oxygen atoms in total. The molecule has 0 aliphatic heterocycles. The van der Waals surface area contributed by atoms with Crippen molar-refractivity contribution in [2.24, 2.45) is 0 Å². The lowest BCUT2D eigenvalue weighted by Gasteiger charge is -2.08. The van der Waals surface area contributed by atoms with Gasteiger partial charge < -0.3 is 14.7 Å². The van der Waals surface area contributed by atoms with Gasteiger partial charge in [-0.3, -0.25) is 0 Å². The van der Waals surface area contributed by atoms with Crippen LogP contribution in [0.25, 0.3) is 39.1 Å². The number of carbonyl (C=O) groups is 1. The minimum Gasteiger partial charge on any atom is -0.478 e. The van der Waals surface area contributed by atoms with Crippen molar-refractivity contribution in [1.82, 2.24) is 24.5 Å². The van der Waals surface area contributed by atoms with E-state index in [4.69, 9.17) is 5.11 Å². The highest BCUT2D eigenvalue weighted by molar-refractivity contribution is 6.06. The van der Waals surface area contributed by atoms with Crippen LogP contribution in [0.1, 0.15) is 15.9 Å². The minimum absolute atomic E-state index is 0.138. The van der Waals surface area contributed by atoms with Crippen LogP contribution in [0.2, 0.25) is 0 Å². The molecule has 0 aliphatic carbocycles. The molecule has 0 aliphatic rings. The molecule has 5 aromatic rings. The van der Waals surface area contributed by atoms with Gasteiger partial charge in [0.25, 0.3) is 0 Å². The molecular formula is C21H12F3N5O2. The third-order valence-corrected chi connectivity index (χ3v) is 4.86. The van der Waals surface area contributed by atoms with Gasteiger partial charge in [0.05, 0.1) is 29.2 Å². The van der Waals surface area contributed by atoms with E-state index in [1.807, 2.05) is 0 Å². The number of nitrogens with zero attached hydrogens (tertiary/aromatic N) is 4. The number of aromatic carboxylic acids is 1. The lowest BCUT2D eigenvalue weighted by Crippen LogP contribution is -2.05. The number of alkyl halides is 3. The van der Waals surface area contributed by atoms with Crippen molar-refractivity contribution >= 4 is 28.0 Å². The van der Waals surface area contributed by atoms with E-state index in [2.05, 4.69) is 19.9 Å². The summed E-state index contributed by atoms with van der Waals surface area (Å²) in [6.45, 7) is 0. The fourth-order valence-corrected chi connectivity index (χ4v) is 3.35. The topological polar surface area (TPSA) is 96.7 Å². The monoisotopic (exact) mass is 423 g/mol. The van der Waals surface area contributed by atoms with Crippen molar-refractivity contribution in [2.75, 3.05) is 0 Å². The molecule has 3 aromatic heterocycles. The van der Waals surface area contributed by atoms with Gasteiger partial charge in [-0.1, -0.05) is 6.07 Å². The van der Waals surface area contributed by atoms with Crippen LogP contribution in [-0.4, -0.2) is 35.6 Å². The second kappa shape index (κ2) is 6.66. The van der Waals surface area contributed by atoms with Crippen molar-refractivity contribution in [1.29, 1.82) is 0 Å². The van der Waals surface area contributed by atoms with E-state index in [0.717, 1.165) is 12.1 Å². The van der Waals surface area contributed by atoms with Gasteiger partial charge >= 0.3 is 12.1 Å². The molecule has 0 fully saturated rings. The van der Waals surface area contributed by atoms with Crippen molar-refractivity contribution in [3.63, 3.8) is 0 Å². The number of carboxylic acid groups (broad SMARTS) is 1. The summed E-state index contributed by atoms with van der Waals surface area (Å²) in [7, 11) is 0. The summed E-state index contributed by atoms with van der Waals surface area (Å²) >= 11 is 0. The number of halogens is 3. The number of rotatable bonds is 3. The smallest absolute Gasteiger partial charge is 0.416 e. The summed E-state index contributed by atoms with van der Waals surface area (Å²) in [6.07, 6.45) is 0.0359. The molecule has 5 rings (SSSR count). The standard InChI is InChI=1S/C21H12F3N5O2/c22-21(23,24)12-2-1-3-13(7-12)29-9-17(26-10-29)16-8-25-19-18(27-16)14-5-4-11(20(30)31)6-15(14)28-19/h1-10H,(H,25,28)(H,30,31). The molecule has 0 atom stereocenters. The number of aromatic nitrogens is 5. The van der Waals surface area contributed by atoms with Gasteiger partial charge in [0, 0.05) is 17.3 Å². The molecule has 10 heteroatoms. The van der Waals surface area contributed by atoms with E-state index >= 15 is 0 Å². The molecule has 3 heterocycles. The highest BCUT2D eigenvalue weighted by Gasteiger charge is 2.30. The molecule has 0 radical (unpaired) electrons. The summed E-state index contributed by atoms with van der Waals surface area (Å²) in [5, 5.41) is 9.85. The van der Waals surface area contributed by atoms with Gasteiger partial charge in [0.2, 0.25) is 0 Å². The number of aromatic amines is 1. The Morgan fingerprint density at radius 1 is 1.06 bits per heavy atom. The average molecular weight is 423 g/mol. The number of nitrogens with one attached hydrogen (secondary N) is 1. The second-order valence-corrected chi connectivity index (χ2v) is 6.86. The number of benzene rings is 2. The summed E-state index contributed by atoms with van der Waals surface area (Å²) in [6, 6.07) is 9.57. The Morgan fingerprint density at radius 2 is 1.90 bits per heavy atom. The maximum atomic E-state index is 13.0. The zero-order chi connectivity index (χ0) is 21.8. The first-order valence-corrected chi connectivity index (χ1v) is 9.03. The largest absolute Gasteiger partial charge is 0.478 e. The van der Waals surface area contributed by atoms with Crippen molar-refractivity contribution < 1.29 is 23.1 Å². The van der Waals surface area contributed by atoms with Crippen molar-refractivity contribution in [3.8, 4) is 17.1 Å². The van der Waals surface area contributed by atoms with Crippen LogP contribution in [0, 0.1) is 0 Å². The predicted octanol–water partition coefficient (Wildman–Crippen LogP) is 4.68. The van der Waals surface area contributed by atoms with Crippen LogP contribution in [-0.2, 0) is 6.18 Å². The number of fused-ring (bicyclic) bond motifs is 3. The fourth-order valence-electron chi connectivity index (χ4n) is 3.35. The molecular weight excluding hydrogens is 411 g/mol. The van der Waals surface area contributed by atoms with Gasteiger partial charge in [-0.05, 0) is 36.4 Å². The Hall–Kier alpha value is -4.21. The quantitative estimate of drug-likeness (QED) is 0.439. The Bertz CT molecular complexity index is 1470. The van der Waals surface area contributed by atoms with Crippen molar-refractivity contribution in [3.05, 3.63) is 72.3 Å². The summed E-state index contributed by atoms with van der Waals surface area (Å²) in [5.74, 6) is -1.04. The average Bonchev–Trinajstić information content (AvgIpc) is 3.37. The number of hydrogen-bond donors (Lipinski definition) is 2. The highest BCUT2D eigenvalue weighted by Crippen LogP contribution is 2.31. The fraction of sp³-hybridized carbons (Fsp3) is 0.0476. The van der Waals surface area contributed by atoms with E-state index in [-0.39, 0.29) is 5.56 Å². The van der Waals surface area contributed by atoms with Gasteiger partial charge in [-0.2, -0.15) is 13.2 Å². The highest BCUT2D eigenvalue weighted by atomic mass is 19.4. The lowest BCUT2D eigenvalue weighted by atomic mass is 10.1. The first-order chi connectivity index (χ1) is 14.8. The summed E-state index contributed by atoms with van der Waals surface area (Å²) in [4.78, 5) is 27.4. The second-order valence-electron chi connectivity index (χ2n) is 6.86. The summed E-state index contributed by atoms with van der Waals surface area (Å²) < 4.78 is 40.4. The number of imidazole rings is 1. The zero-order valence-electron chi connectivity index (χ0n) is 15.6. The van der Waals surface area contributed by atoms with Crippen LogP contribution in [0.4, 0.5) is 13.2 Å². The van der Waals surface area contributed by atoms with E-state index in [1.54, 1.807) is 18.3 Å². The number of H-pyrrole nitrogens is 1. The van der Waals surface area contributed by atoms with Crippen LogP contribution < -0.4 is 0 Å². The Labute approximate surface area is 171 Å². The van der Waals surface area contributed by atoms with Gasteiger partial charge in [0.1, 0.15) is 16.9 Å². The zero-order valence-corrected chi connectivity index (χ0v) is 15.6. The Kier molecular flexibility index (Phi) is 4.04. The summed E-state index contributed by atoms with van der Waals surface area (Å²) in [5.41, 5.74) is 2.18. The van der Waals surface area contributed by atoms with Gasteiger partial charge in [-0.25, -0.2) is 19.7 Å². The third-order valence-electron chi connectivity index (χ3n) is 4.86. The molecule has 2 N–H and O–H groups in total. The molecule has 0 spiro atoms. The van der Waals surface area contributed by atoms with Crippen LogP contribution in [0.15, 0.2) is 61.2 Å². The van der Waals surface area contributed by atoms with E-state index in [9.17, 15) is 18.0 Å². The van der Waals surface area contributed by atoms with Crippen molar-refractivity contribution in [2.45, 2.75) is 6.18 Å². The molecule has 31 heavy (non-hydrogen) atoms. The molecule has 0 bridgehead atoms. The van der Waals surface area contributed by atoms with E-state index in [1.165, 1.54) is 35.3 Å². The molecule has 2 aromatic carbocycles. The predicted molar refractivity (Wildman–Crippen MR) is 106 cm³/mol. The van der Waals surface area contributed by atoms with Gasteiger partial charge in [0.15, 0.2) is 5.65 Å². The van der Waals surface area contributed by atoms with Crippen LogP contribution in [0.5, 0.6) is 0 Å². The normalized spacial score (nSPS) is 12.0. The SMILES string of the molecule is O=C(O)c1ccc2c(c1)[nH]c1ncc(-c3cn(-c4cccc(C(F)(F)F)c4)cn3)nc12. The number of hydrogen-bond acceptors (Lipinski definition) is 4. The first kappa shape index (κ1) is 18.8. The van der Waals surface area contributed by atoms with E-state index < -0.39 is 17.7 Å². The first-order valence-electron chi connectivity index (χ1n) is 9.03. The lowest BCUT2D eigenvalue weighted by molar-refractivity contribution is -0.137. The van der Waals surface area contributed by atoms with E-state index in [0.29, 0.717) is 39.1 Å².